The molecular weight excluding hydrogens is 474 g/mol. The topological polar surface area (TPSA) is 90.3 Å². The summed E-state index contributed by atoms with van der Waals surface area (Å²) in [5, 5.41) is 16.0. The third kappa shape index (κ3) is 5.80. The van der Waals surface area contributed by atoms with Crippen molar-refractivity contribution >= 4 is 23.4 Å². The van der Waals surface area contributed by atoms with E-state index in [2.05, 4.69) is 39.9 Å². The van der Waals surface area contributed by atoms with E-state index in [4.69, 9.17) is 9.47 Å². The molecule has 0 atom stereocenters. The summed E-state index contributed by atoms with van der Waals surface area (Å²) in [5.74, 6) is 2.82. The molecule has 4 aromatic rings. The van der Waals surface area contributed by atoms with Crippen LogP contribution >= 0.6 is 11.8 Å². The van der Waals surface area contributed by atoms with Crippen LogP contribution in [0.2, 0.25) is 0 Å². The summed E-state index contributed by atoms with van der Waals surface area (Å²) < 4.78 is 12.8. The van der Waals surface area contributed by atoms with Crippen molar-refractivity contribution < 1.29 is 14.3 Å². The third-order valence-electron chi connectivity index (χ3n) is 5.67. The summed E-state index contributed by atoms with van der Waals surface area (Å²) in [7, 11) is 0. The summed E-state index contributed by atoms with van der Waals surface area (Å²) in [6, 6.07) is 23.9. The van der Waals surface area contributed by atoms with Gasteiger partial charge in [0.25, 0.3) is 0 Å². The number of nitrogens with zero attached hydrogens (tertiary/aromatic N) is 3. The SMILES string of the molecule is Cc1cccc(NCc2nnc(SCCC(=O)NCc3ccc4c(c3)OCO4)n2-c2ccccc2)c1. The van der Waals surface area contributed by atoms with Crippen molar-refractivity contribution in [3.05, 3.63) is 89.7 Å². The zero-order valence-electron chi connectivity index (χ0n) is 19.9. The first kappa shape index (κ1) is 23.7. The lowest BCUT2D eigenvalue weighted by Crippen LogP contribution is -2.23. The van der Waals surface area contributed by atoms with Gasteiger partial charge in [0, 0.05) is 30.1 Å². The molecule has 2 heterocycles. The largest absolute Gasteiger partial charge is 0.454 e. The summed E-state index contributed by atoms with van der Waals surface area (Å²) in [6.45, 7) is 3.27. The van der Waals surface area contributed by atoms with Crippen molar-refractivity contribution in [2.24, 2.45) is 0 Å². The van der Waals surface area contributed by atoms with Crippen LogP contribution in [0.25, 0.3) is 5.69 Å². The molecule has 3 aromatic carbocycles. The van der Waals surface area contributed by atoms with E-state index in [1.807, 2.05) is 65.2 Å². The molecule has 0 spiro atoms. The molecule has 2 N–H and O–H groups in total. The fourth-order valence-electron chi connectivity index (χ4n) is 3.86. The van der Waals surface area contributed by atoms with E-state index in [-0.39, 0.29) is 12.7 Å². The molecule has 0 aliphatic carbocycles. The van der Waals surface area contributed by atoms with Crippen LogP contribution in [-0.4, -0.2) is 33.2 Å². The monoisotopic (exact) mass is 501 g/mol. The lowest BCUT2D eigenvalue weighted by atomic mass is 10.2. The average Bonchev–Trinajstić information content (AvgIpc) is 3.53. The number of ether oxygens (including phenoxy) is 2. The summed E-state index contributed by atoms with van der Waals surface area (Å²) in [4.78, 5) is 12.5. The second kappa shape index (κ2) is 11.2. The molecule has 1 aromatic heterocycles. The Hall–Kier alpha value is -3.98. The van der Waals surface area contributed by atoms with Gasteiger partial charge in [-0.15, -0.1) is 10.2 Å². The fourth-order valence-corrected chi connectivity index (χ4v) is 4.76. The lowest BCUT2D eigenvalue weighted by molar-refractivity contribution is -0.120. The number of nitrogens with one attached hydrogen (secondary N) is 2. The van der Waals surface area contributed by atoms with Gasteiger partial charge >= 0.3 is 0 Å². The molecule has 36 heavy (non-hydrogen) atoms. The normalized spacial score (nSPS) is 11.9. The smallest absolute Gasteiger partial charge is 0.231 e. The van der Waals surface area contributed by atoms with Crippen molar-refractivity contribution in [1.29, 1.82) is 0 Å². The number of benzene rings is 3. The molecule has 0 radical (unpaired) electrons. The van der Waals surface area contributed by atoms with Gasteiger partial charge in [-0.3, -0.25) is 9.36 Å². The summed E-state index contributed by atoms with van der Waals surface area (Å²) in [6.07, 6.45) is 0.369. The van der Waals surface area contributed by atoms with Crippen LogP contribution in [0.4, 0.5) is 5.69 Å². The van der Waals surface area contributed by atoms with Gasteiger partial charge in [0.15, 0.2) is 22.5 Å². The fraction of sp³-hybridized carbons (Fsp3) is 0.222. The third-order valence-corrected chi connectivity index (χ3v) is 6.60. The van der Waals surface area contributed by atoms with Crippen molar-refractivity contribution in [2.45, 2.75) is 31.6 Å². The average molecular weight is 502 g/mol. The van der Waals surface area contributed by atoms with Crippen molar-refractivity contribution in [1.82, 2.24) is 20.1 Å². The second-order valence-corrected chi connectivity index (χ2v) is 9.42. The van der Waals surface area contributed by atoms with Crippen LogP contribution in [0.1, 0.15) is 23.4 Å². The first-order valence-electron chi connectivity index (χ1n) is 11.7. The van der Waals surface area contributed by atoms with Crippen LogP contribution < -0.4 is 20.1 Å². The molecule has 9 heteroatoms. The van der Waals surface area contributed by atoms with Gasteiger partial charge in [0.1, 0.15) is 0 Å². The molecule has 184 valence electrons. The number of amides is 1. The van der Waals surface area contributed by atoms with Gasteiger partial charge in [-0.1, -0.05) is 48.2 Å². The van der Waals surface area contributed by atoms with Crippen molar-refractivity contribution in [2.75, 3.05) is 17.9 Å². The number of para-hydroxylation sites is 1. The first-order valence-corrected chi connectivity index (χ1v) is 12.7. The zero-order valence-corrected chi connectivity index (χ0v) is 20.8. The van der Waals surface area contributed by atoms with Crippen LogP contribution in [0.5, 0.6) is 11.5 Å². The molecule has 1 aliphatic heterocycles. The Balaban J connectivity index is 1.19. The molecule has 8 nitrogen and oxygen atoms in total. The Morgan fingerprint density at radius 3 is 2.69 bits per heavy atom. The molecule has 0 saturated carbocycles. The van der Waals surface area contributed by atoms with E-state index in [1.54, 1.807) is 0 Å². The van der Waals surface area contributed by atoms with E-state index in [0.29, 0.717) is 31.0 Å². The molecular formula is C27H27N5O3S. The maximum Gasteiger partial charge on any atom is 0.231 e. The number of anilines is 1. The standard InChI is InChI=1S/C27H27N5O3S/c1-19-6-5-7-21(14-19)28-17-25-30-31-27(32(25)22-8-3-2-4-9-22)36-13-12-26(33)29-16-20-10-11-23-24(15-20)35-18-34-23/h2-11,14-15,28H,12-13,16-18H2,1H3,(H,29,33). The number of hydrogen-bond donors (Lipinski definition) is 2. The molecule has 0 fully saturated rings. The number of fused-ring (bicyclic) bond motifs is 1. The van der Waals surface area contributed by atoms with E-state index >= 15 is 0 Å². The van der Waals surface area contributed by atoms with Gasteiger partial charge in [0.2, 0.25) is 12.7 Å². The predicted octanol–water partition coefficient (Wildman–Crippen LogP) is 4.72. The minimum atomic E-state index is -0.0210. The van der Waals surface area contributed by atoms with Crippen LogP contribution in [0, 0.1) is 6.92 Å². The highest BCUT2D eigenvalue weighted by Gasteiger charge is 2.16. The van der Waals surface area contributed by atoms with Crippen molar-refractivity contribution in [3.63, 3.8) is 0 Å². The van der Waals surface area contributed by atoms with Gasteiger partial charge in [-0.25, -0.2) is 0 Å². The molecule has 5 rings (SSSR count). The zero-order chi connectivity index (χ0) is 24.7. The summed E-state index contributed by atoms with van der Waals surface area (Å²) in [5.41, 5.74) is 4.18. The number of thioether (sulfide) groups is 1. The van der Waals surface area contributed by atoms with E-state index in [0.717, 1.165) is 33.7 Å². The summed E-state index contributed by atoms with van der Waals surface area (Å²) >= 11 is 1.52. The Morgan fingerprint density at radius 2 is 1.83 bits per heavy atom. The minimum absolute atomic E-state index is 0.0210. The number of hydrogen-bond acceptors (Lipinski definition) is 7. The van der Waals surface area contributed by atoms with Gasteiger partial charge < -0.3 is 20.1 Å². The highest BCUT2D eigenvalue weighted by atomic mass is 32.2. The minimum Gasteiger partial charge on any atom is -0.454 e. The molecule has 0 saturated heterocycles. The van der Waals surface area contributed by atoms with E-state index in [9.17, 15) is 4.79 Å². The lowest BCUT2D eigenvalue weighted by Gasteiger charge is -2.12. The number of carbonyl (C=O) groups is 1. The Bertz CT molecular complexity index is 1340. The van der Waals surface area contributed by atoms with Crippen LogP contribution in [0.3, 0.4) is 0 Å². The molecule has 0 bridgehead atoms. The quantitative estimate of drug-likeness (QED) is 0.304. The molecule has 1 aliphatic rings. The van der Waals surface area contributed by atoms with Gasteiger partial charge in [0.05, 0.1) is 6.54 Å². The maximum absolute atomic E-state index is 12.5. The first-order chi connectivity index (χ1) is 17.7. The second-order valence-electron chi connectivity index (χ2n) is 8.36. The Labute approximate surface area is 214 Å². The van der Waals surface area contributed by atoms with Crippen molar-refractivity contribution in [3.8, 4) is 17.2 Å². The number of rotatable bonds is 10. The predicted molar refractivity (Wildman–Crippen MR) is 140 cm³/mol. The Morgan fingerprint density at radius 1 is 0.972 bits per heavy atom. The highest BCUT2D eigenvalue weighted by molar-refractivity contribution is 7.99. The van der Waals surface area contributed by atoms with Gasteiger partial charge in [-0.2, -0.15) is 0 Å². The highest BCUT2D eigenvalue weighted by Crippen LogP contribution is 2.32. The number of aryl methyl sites for hydroxylation is 1. The molecule has 0 unspecified atom stereocenters. The molecule has 1 amide bonds. The maximum atomic E-state index is 12.5. The van der Waals surface area contributed by atoms with Crippen LogP contribution in [0.15, 0.2) is 78.0 Å². The number of carbonyl (C=O) groups excluding carboxylic acids is 1. The Kier molecular flexibility index (Phi) is 7.37. The number of aromatic nitrogens is 3. The van der Waals surface area contributed by atoms with E-state index < -0.39 is 0 Å². The van der Waals surface area contributed by atoms with Crippen LogP contribution in [-0.2, 0) is 17.9 Å². The van der Waals surface area contributed by atoms with E-state index in [1.165, 1.54) is 17.3 Å². The van der Waals surface area contributed by atoms with Gasteiger partial charge in [-0.05, 0) is 54.4 Å².